The SMILES string of the molecule is Cc1ccc(N=C2NC(=O)CC(C(=O)Nc3ccc(C(C)C)cc3)S2)cc1C. The quantitative estimate of drug-likeness (QED) is 0.790. The zero-order valence-corrected chi connectivity index (χ0v) is 17.4. The molecule has 2 aromatic rings. The van der Waals surface area contributed by atoms with E-state index >= 15 is 0 Å². The van der Waals surface area contributed by atoms with E-state index < -0.39 is 5.25 Å². The van der Waals surface area contributed by atoms with E-state index in [1.165, 1.54) is 22.9 Å². The first-order valence-electron chi connectivity index (χ1n) is 9.35. The van der Waals surface area contributed by atoms with Gasteiger partial charge in [-0.3, -0.25) is 9.59 Å². The molecule has 1 heterocycles. The minimum atomic E-state index is -0.510. The van der Waals surface area contributed by atoms with Crippen LogP contribution in [0.15, 0.2) is 47.5 Å². The number of carbonyl (C=O) groups is 2. The van der Waals surface area contributed by atoms with Crippen LogP contribution in [-0.4, -0.2) is 22.2 Å². The maximum atomic E-state index is 12.7. The molecule has 0 spiro atoms. The molecule has 1 atom stereocenters. The summed E-state index contributed by atoms with van der Waals surface area (Å²) in [6.07, 6.45) is 0.131. The first-order valence-corrected chi connectivity index (χ1v) is 10.2. The Hall–Kier alpha value is -2.60. The number of nitrogens with zero attached hydrogens (tertiary/aromatic N) is 1. The summed E-state index contributed by atoms with van der Waals surface area (Å²) in [6, 6.07) is 13.7. The van der Waals surface area contributed by atoms with E-state index in [1.54, 1.807) is 0 Å². The molecule has 2 aromatic carbocycles. The van der Waals surface area contributed by atoms with E-state index in [0.717, 1.165) is 16.9 Å². The van der Waals surface area contributed by atoms with Crippen LogP contribution in [0.3, 0.4) is 0 Å². The number of nitrogens with one attached hydrogen (secondary N) is 2. The van der Waals surface area contributed by atoms with Crippen LogP contribution in [0.4, 0.5) is 11.4 Å². The van der Waals surface area contributed by atoms with E-state index in [2.05, 4.69) is 29.5 Å². The lowest BCUT2D eigenvalue weighted by atomic mass is 10.0. The van der Waals surface area contributed by atoms with Crippen LogP contribution in [0, 0.1) is 13.8 Å². The van der Waals surface area contributed by atoms with Crippen LogP contribution < -0.4 is 10.6 Å². The van der Waals surface area contributed by atoms with Crippen LogP contribution >= 0.6 is 11.8 Å². The molecule has 0 aliphatic carbocycles. The average Bonchev–Trinajstić information content (AvgIpc) is 2.64. The Morgan fingerprint density at radius 3 is 2.50 bits per heavy atom. The van der Waals surface area contributed by atoms with Crippen molar-refractivity contribution < 1.29 is 9.59 Å². The summed E-state index contributed by atoms with van der Waals surface area (Å²) in [6.45, 7) is 8.31. The fourth-order valence-corrected chi connectivity index (χ4v) is 3.83. The number of rotatable bonds is 4. The summed E-state index contributed by atoms with van der Waals surface area (Å²) >= 11 is 1.28. The third kappa shape index (κ3) is 5.01. The number of anilines is 1. The molecule has 1 aliphatic rings. The van der Waals surface area contributed by atoms with Crippen molar-refractivity contribution in [3.05, 3.63) is 59.2 Å². The number of benzene rings is 2. The van der Waals surface area contributed by atoms with Gasteiger partial charge in [0.15, 0.2) is 5.17 Å². The van der Waals surface area contributed by atoms with Crippen molar-refractivity contribution in [1.82, 2.24) is 5.32 Å². The molecule has 0 bridgehead atoms. The summed E-state index contributed by atoms with van der Waals surface area (Å²) in [5.74, 6) is 0.0492. The molecule has 28 heavy (non-hydrogen) atoms. The molecule has 2 amide bonds. The number of amides is 2. The molecule has 5 nitrogen and oxygen atoms in total. The van der Waals surface area contributed by atoms with E-state index in [-0.39, 0.29) is 18.2 Å². The molecule has 6 heteroatoms. The average molecular weight is 396 g/mol. The van der Waals surface area contributed by atoms with Gasteiger partial charge in [0.1, 0.15) is 5.25 Å². The molecule has 146 valence electrons. The van der Waals surface area contributed by atoms with Gasteiger partial charge in [-0.1, -0.05) is 43.8 Å². The molecule has 2 N–H and O–H groups in total. The van der Waals surface area contributed by atoms with Crippen LogP contribution in [-0.2, 0) is 9.59 Å². The van der Waals surface area contributed by atoms with Crippen molar-refractivity contribution in [1.29, 1.82) is 0 Å². The normalized spacial score (nSPS) is 18.2. The molecule has 1 unspecified atom stereocenters. The number of aliphatic imine (C=N–C) groups is 1. The number of amidine groups is 1. The van der Waals surface area contributed by atoms with Gasteiger partial charge in [0, 0.05) is 12.1 Å². The zero-order chi connectivity index (χ0) is 20.3. The van der Waals surface area contributed by atoms with Crippen molar-refractivity contribution in [2.75, 3.05) is 5.32 Å². The van der Waals surface area contributed by atoms with Crippen LogP contribution in [0.2, 0.25) is 0 Å². The smallest absolute Gasteiger partial charge is 0.238 e. The summed E-state index contributed by atoms with van der Waals surface area (Å²) in [4.78, 5) is 29.3. The Kier molecular flexibility index (Phi) is 6.19. The highest BCUT2D eigenvalue weighted by Crippen LogP contribution is 2.26. The Balaban J connectivity index is 1.71. The van der Waals surface area contributed by atoms with E-state index in [4.69, 9.17) is 0 Å². The standard InChI is InChI=1S/C22H25N3O2S/c1-13(2)16-6-9-17(10-7-16)23-21(27)19-12-20(26)25-22(28-19)24-18-8-5-14(3)15(4)11-18/h5-11,13,19H,12H2,1-4H3,(H,23,27)(H,24,25,26). The highest BCUT2D eigenvalue weighted by molar-refractivity contribution is 8.15. The molecular formula is C22H25N3O2S. The predicted molar refractivity (Wildman–Crippen MR) is 116 cm³/mol. The number of carbonyl (C=O) groups excluding carboxylic acids is 2. The molecular weight excluding hydrogens is 370 g/mol. The predicted octanol–water partition coefficient (Wildman–Crippen LogP) is 4.67. The first-order chi connectivity index (χ1) is 13.3. The first kappa shape index (κ1) is 20.1. The second kappa shape index (κ2) is 8.61. The maximum absolute atomic E-state index is 12.7. The molecule has 3 rings (SSSR count). The minimum Gasteiger partial charge on any atom is -0.325 e. The van der Waals surface area contributed by atoms with Crippen molar-refractivity contribution >= 4 is 40.1 Å². The van der Waals surface area contributed by atoms with Gasteiger partial charge in [-0.25, -0.2) is 4.99 Å². The molecule has 1 fully saturated rings. The van der Waals surface area contributed by atoms with Crippen molar-refractivity contribution in [3.63, 3.8) is 0 Å². The van der Waals surface area contributed by atoms with Crippen molar-refractivity contribution in [3.8, 4) is 0 Å². The van der Waals surface area contributed by atoms with Crippen LogP contribution in [0.25, 0.3) is 0 Å². The van der Waals surface area contributed by atoms with Crippen LogP contribution in [0.1, 0.15) is 42.9 Å². The Morgan fingerprint density at radius 2 is 1.86 bits per heavy atom. The largest absolute Gasteiger partial charge is 0.325 e. The van der Waals surface area contributed by atoms with E-state index in [1.807, 2.05) is 56.3 Å². The lowest BCUT2D eigenvalue weighted by molar-refractivity contribution is -0.123. The third-order valence-corrected chi connectivity index (χ3v) is 5.81. The molecule has 1 saturated heterocycles. The van der Waals surface area contributed by atoms with Gasteiger partial charge in [0.25, 0.3) is 0 Å². The number of hydrogen-bond acceptors (Lipinski definition) is 4. The van der Waals surface area contributed by atoms with Gasteiger partial charge in [-0.15, -0.1) is 0 Å². The highest BCUT2D eigenvalue weighted by atomic mass is 32.2. The second-order valence-electron chi connectivity index (χ2n) is 7.31. The van der Waals surface area contributed by atoms with E-state index in [9.17, 15) is 9.59 Å². The number of thioether (sulfide) groups is 1. The molecule has 0 aromatic heterocycles. The fraction of sp³-hybridized carbons (Fsp3) is 0.318. The lowest BCUT2D eigenvalue weighted by Crippen LogP contribution is -2.41. The summed E-state index contributed by atoms with van der Waals surface area (Å²) < 4.78 is 0. The monoisotopic (exact) mass is 395 g/mol. The van der Waals surface area contributed by atoms with Gasteiger partial charge in [0.2, 0.25) is 11.8 Å². The molecule has 0 saturated carbocycles. The van der Waals surface area contributed by atoms with Gasteiger partial charge < -0.3 is 10.6 Å². The van der Waals surface area contributed by atoms with Crippen molar-refractivity contribution in [2.45, 2.75) is 45.3 Å². The zero-order valence-electron chi connectivity index (χ0n) is 16.6. The third-order valence-electron chi connectivity index (χ3n) is 4.73. The van der Waals surface area contributed by atoms with Gasteiger partial charge in [-0.05, 0) is 60.7 Å². The summed E-state index contributed by atoms with van der Waals surface area (Å²) in [7, 11) is 0. The number of hydrogen-bond donors (Lipinski definition) is 2. The minimum absolute atomic E-state index is 0.131. The Morgan fingerprint density at radius 1 is 1.14 bits per heavy atom. The number of aryl methyl sites for hydroxylation is 2. The second-order valence-corrected chi connectivity index (χ2v) is 8.50. The summed E-state index contributed by atoms with van der Waals surface area (Å²) in [5, 5.41) is 5.61. The fourth-order valence-electron chi connectivity index (χ4n) is 2.83. The summed E-state index contributed by atoms with van der Waals surface area (Å²) in [5.41, 5.74) is 5.02. The highest BCUT2D eigenvalue weighted by Gasteiger charge is 2.30. The maximum Gasteiger partial charge on any atom is 0.238 e. The van der Waals surface area contributed by atoms with Gasteiger partial charge in [-0.2, -0.15) is 0 Å². The Labute approximate surface area is 170 Å². The topological polar surface area (TPSA) is 70.6 Å². The lowest BCUT2D eigenvalue weighted by Gasteiger charge is -2.22. The van der Waals surface area contributed by atoms with E-state index in [0.29, 0.717) is 11.1 Å². The van der Waals surface area contributed by atoms with Crippen molar-refractivity contribution in [2.24, 2.45) is 4.99 Å². The van der Waals surface area contributed by atoms with Crippen LogP contribution in [0.5, 0.6) is 0 Å². The van der Waals surface area contributed by atoms with Gasteiger partial charge >= 0.3 is 0 Å². The molecule has 0 radical (unpaired) electrons. The van der Waals surface area contributed by atoms with Gasteiger partial charge in [0.05, 0.1) is 5.69 Å². The Bertz CT molecular complexity index is 920. The molecule has 1 aliphatic heterocycles.